The van der Waals surface area contributed by atoms with Crippen LogP contribution in [0.2, 0.25) is 0 Å². The van der Waals surface area contributed by atoms with E-state index in [0.29, 0.717) is 5.56 Å². The van der Waals surface area contributed by atoms with Gasteiger partial charge in [0.05, 0.1) is 5.56 Å². The maximum absolute atomic E-state index is 12.5. The Balaban J connectivity index is 1.98. The summed E-state index contributed by atoms with van der Waals surface area (Å²) in [5, 5.41) is 0.732. The van der Waals surface area contributed by atoms with Crippen LogP contribution in [0.3, 0.4) is 0 Å². The van der Waals surface area contributed by atoms with Gasteiger partial charge in [-0.1, -0.05) is 40.9 Å². The van der Waals surface area contributed by atoms with Gasteiger partial charge >= 0.3 is 0 Å². The zero-order valence-electron chi connectivity index (χ0n) is 11.0. The van der Waals surface area contributed by atoms with Crippen molar-refractivity contribution in [1.82, 2.24) is 4.31 Å². The fourth-order valence-electron chi connectivity index (χ4n) is 3.15. The van der Waals surface area contributed by atoms with Gasteiger partial charge in [-0.05, 0) is 30.4 Å². The van der Waals surface area contributed by atoms with Gasteiger partial charge in [0.25, 0.3) is 15.9 Å². The molecule has 0 saturated heterocycles. The van der Waals surface area contributed by atoms with E-state index in [9.17, 15) is 13.2 Å². The van der Waals surface area contributed by atoms with Gasteiger partial charge < -0.3 is 0 Å². The van der Waals surface area contributed by atoms with E-state index in [1.165, 1.54) is 6.07 Å². The third-order valence-corrected chi connectivity index (χ3v) is 7.32. The van der Waals surface area contributed by atoms with E-state index in [1.807, 2.05) is 0 Å². The number of halogens is 1. The summed E-state index contributed by atoms with van der Waals surface area (Å²) in [6.07, 6.45) is 4.13. The summed E-state index contributed by atoms with van der Waals surface area (Å²) in [5.74, 6) is -0.382. The molecule has 3 rings (SSSR count). The number of hydrogen-bond acceptors (Lipinski definition) is 3. The van der Waals surface area contributed by atoms with Crippen molar-refractivity contribution in [3.05, 3.63) is 29.8 Å². The van der Waals surface area contributed by atoms with Gasteiger partial charge in [-0.15, -0.1) is 0 Å². The first-order valence-corrected chi connectivity index (χ1v) is 9.28. The van der Waals surface area contributed by atoms with E-state index < -0.39 is 10.0 Å². The van der Waals surface area contributed by atoms with E-state index >= 15 is 0 Å². The minimum Gasteiger partial charge on any atom is -0.268 e. The molecule has 1 amide bonds. The highest BCUT2D eigenvalue weighted by atomic mass is 79.9. The quantitative estimate of drug-likeness (QED) is 0.781. The first-order chi connectivity index (χ1) is 9.50. The second-order valence-electron chi connectivity index (χ2n) is 5.65. The number of hydrogen-bond donors (Lipinski definition) is 0. The number of fused-ring (bicyclic) bond motifs is 1. The monoisotopic (exact) mass is 357 g/mol. The fraction of sp³-hybridized carbons (Fsp3) is 0.500. The van der Waals surface area contributed by atoms with Gasteiger partial charge in [0.1, 0.15) is 4.90 Å². The molecule has 0 radical (unpaired) electrons. The van der Waals surface area contributed by atoms with Crippen molar-refractivity contribution in [2.45, 2.75) is 30.6 Å². The molecule has 0 bridgehead atoms. The molecule has 4 nitrogen and oxygen atoms in total. The zero-order valence-corrected chi connectivity index (χ0v) is 13.4. The van der Waals surface area contributed by atoms with E-state index in [-0.39, 0.29) is 22.8 Å². The average molecular weight is 358 g/mol. The minimum absolute atomic E-state index is 0.106. The highest BCUT2D eigenvalue weighted by Gasteiger charge is 2.46. The van der Waals surface area contributed by atoms with Crippen LogP contribution in [0.25, 0.3) is 0 Å². The first-order valence-electron chi connectivity index (χ1n) is 6.72. The van der Waals surface area contributed by atoms with Crippen LogP contribution in [0.1, 0.15) is 36.0 Å². The first kappa shape index (κ1) is 14.1. The van der Waals surface area contributed by atoms with Crippen molar-refractivity contribution in [3.8, 4) is 0 Å². The molecule has 0 unspecified atom stereocenters. The van der Waals surface area contributed by atoms with Crippen LogP contribution >= 0.6 is 15.9 Å². The largest absolute Gasteiger partial charge is 0.269 e. The molecule has 6 heteroatoms. The predicted molar refractivity (Wildman–Crippen MR) is 79.4 cm³/mol. The second kappa shape index (κ2) is 4.84. The van der Waals surface area contributed by atoms with Crippen LogP contribution in [0.4, 0.5) is 0 Å². The maximum Gasteiger partial charge on any atom is 0.269 e. The minimum atomic E-state index is -3.67. The summed E-state index contributed by atoms with van der Waals surface area (Å²) in [6, 6.07) is 6.46. The molecule has 1 aromatic carbocycles. The SMILES string of the molecule is O=C1c2ccccc2S(=O)(=O)N1CC1(CBr)CCCC1. The molecule has 0 aromatic heterocycles. The van der Waals surface area contributed by atoms with Crippen molar-refractivity contribution in [2.24, 2.45) is 5.41 Å². The smallest absolute Gasteiger partial charge is 0.268 e. The summed E-state index contributed by atoms with van der Waals surface area (Å²) in [4.78, 5) is 12.5. The van der Waals surface area contributed by atoms with Crippen molar-refractivity contribution in [2.75, 3.05) is 11.9 Å². The van der Waals surface area contributed by atoms with Crippen LogP contribution < -0.4 is 0 Å². The topological polar surface area (TPSA) is 54.5 Å². The van der Waals surface area contributed by atoms with Gasteiger partial charge in [0.15, 0.2) is 0 Å². The molecule has 1 aliphatic carbocycles. The number of carbonyl (C=O) groups is 1. The van der Waals surface area contributed by atoms with Gasteiger partial charge in [-0.25, -0.2) is 12.7 Å². The summed E-state index contributed by atoms with van der Waals surface area (Å²) >= 11 is 3.50. The van der Waals surface area contributed by atoms with E-state index in [4.69, 9.17) is 0 Å². The van der Waals surface area contributed by atoms with Crippen LogP contribution in [-0.2, 0) is 10.0 Å². The van der Waals surface area contributed by atoms with Crippen LogP contribution in [-0.4, -0.2) is 30.5 Å². The molecule has 0 atom stereocenters. The number of carbonyl (C=O) groups excluding carboxylic acids is 1. The summed E-state index contributed by atoms with van der Waals surface area (Å²) in [6.45, 7) is 0.286. The Kier molecular flexibility index (Phi) is 3.41. The van der Waals surface area contributed by atoms with Crippen LogP contribution in [0.15, 0.2) is 29.2 Å². The predicted octanol–water partition coefficient (Wildman–Crippen LogP) is 2.79. The van der Waals surface area contributed by atoms with Crippen molar-refractivity contribution in [3.63, 3.8) is 0 Å². The molecule has 0 N–H and O–H groups in total. The number of alkyl halides is 1. The third-order valence-electron chi connectivity index (χ3n) is 4.34. The highest BCUT2D eigenvalue weighted by Crippen LogP contribution is 2.43. The standard InChI is InChI=1S/C14H16BrNO3S/c15-9-14(7-3-4-8-14)10-16-13(17)11-5-1-2-6-12(11)20(16,18)19/h1-2,5-6H,3-4,7-10H2. The fourth-order valence-corrected chi connectivity index (χ4v) is 5.57. The number of sulfonamides is 1. The molecule has 20 heavy (non-hydrogen) atoms. The Morgan fingerprint density at radius 2 is 1.85 bits per heavy atom. The second-order valence-corrected chi connectivity index (χ2v) is 8.05. The molecule has 1 heterocycles. The Morgan fingerprint density at radius 3 is 2.45 bits per heavy atom. The molecule has 2 aliphatic rings. The van der Waals surface area contributed by atoms with Gasteiger partial charge in [-0.2, -0.15) is 0 Å². The van der Waals surface area contributed by atoms with Crippen molar-refractivity contribution in [1.29, 1.82) is 0 Å². The van der Waals surface area contributed by atoms with Crippen LogP contribution in [0, 0.1) is 5.41 Å². The van der Waals surface area contributed by atoms with Gasteiger partial charge in [-0.3, -0.25) is 4.79 Å². The Morgan fingerprint density at radius 1 is 1.20 bits per heavy atom. The number of amides is 1. The highest BCUT2D eigenvalue weighted by molar-refractivity contribution is 9.09. The lowest BCUT2D eigenvalue weighted by Crippen LogP contribution is -2.40. The zero-order chi connectivity index (χ0) is 14.4. The summed E-state index contributed by atoms with van der Waals surface area (Å²) < 4.78 is 26.1. The van der Waals surface area contributed by atoms with E-state index in [1.54, 1.807) is 18.2 Å². The Labute approximate surface area is 127 Å². The van der Waals surface area contributed by atoms with E-state index in [2.05, 4.69) is 15.9 Å². The molecule has 0 spiro atoms. The lowest BCUT2D eigenvalue weighted by atomic mass is 9.89. The number of rotatable bonds is 3. The Hall–Kier alpha value is -0.880. The third kappa shape index (κ3) is 2.00. The summed E-state index contributed by atoms with van der Waals surface area (Å²) in [5.41, 5.74) is 0.195. The Bertz CT molecular complexity index is 650. The number of nitrogens with zero attached hydrogens (tertiary/aromatic N) is 1. The van der Waals surface area contributed by atoms with Gasteiger partial charge in [0.2, 0.25) is 0 Å². The maximum atomic E-state index is 12.5. The molecular weight excluding hydrogens is 342 g/mol. The molecular formula is C14H16BrNO3S. The molecule has 1 saturated carbocycles. The molecule has 108 valence electrons. The lowest BCUT2D eigenvalue weighted by Gasteiger charge is -2.30. The normalized spacial score (nSPS) is 23.1. The van der Waals surface area contributed by atoms with Crippen molar-refractivity contribution < 1.29 is 13.2 Å². The molecule has 1 fully saturated rings. The molecule has 1 aromatic rings. The average Bonchev–Trinajstić information content (AvgIpc) is 2.99. The summed E-state index contributed by atoms with van der Waals surface area (Å²) in [7, 11) is -3.67. The van der Waals surface area contributed by atoms with Crippen LogP contribution in [0.5, 0.6) is 0 Å². The lowest BCUT2D eigenvalue weighted by molar-refractivity contribution is 0.0831. The van der Waals surface area contributed by atoms with Crippen molar-refractivity contribution >= 4 is 31.9 Å². The van der Waals surface area contributed by atoms with Gasteiger partial charge in [0, 0.05) is 11.9 Å². The molecule has 1 aliphatic heterocycles. The van der Waals surface area contributed by atoms with E-state index in [0.717, 1.165) is 35.3 Å². The number of benzene rings is 1.